The lowest BCUT2D eigenvalue weighted by Crippen LogP contribution is -2.47. The molecule has 3 N–H and O–H groups in total. The summed E-state index contributed by atoms with van der Waals surface area (Å²) in [7, 11) is 4.77. The third-order valence-electron chi connectivity index (χ3n) is 6.87. The maximum absolute atomic E-state index is 13.3. The Morgan fingerprint density at radius 1 is 0.780 bits per heavy atom. The molecule has 41 heavy (non-hydrogen) atoms. The molecular formula is C31H39N5O5. The molecule has 1 heterocycles. The molecule has 0 atom stereocenters. The number of para-hydroxylation sites is 2. The number of nitrogens with one attached hydrogen (secondary N) is 3. The zero-order chi connectivity index (χ0) is 29.4. The van der Waals surface area contributed by atoms with Crippen molar-refractivity contribution in [1.29, 1.82) is 0 Å². The second-order valence-electron chi connectivity index (χ2n) is 10.1. The van der Waals surface area contributed by atoms with Crippen LogP contribution in [0.25, 0.3) is 0 Å². The summed E-state index contributed by atoms with van der Waals surface area (Å²) < 4.78 is 16.2. The molecule has 1 aliphatic heterocycles. The van der Waals surface area contributed by atoms with Crippen LogP contribution in [0.1, 0.15) is 24.2 Å². The summed E-state index contributed by atoms with van der Waals surface area (Å²) in [6.07, 6.45) is 0. The van der Waals surface area contributed by atoms with E-state index in [2.05, 4.69) is 31.8 Å². The number of benzene rings is 3. The number of nitrogens with zero attached hydrogens (tertiary/aromatic N) is 2. The first-order valence-electron chi connectivity index (χ1n) is 13.7. The molecule has 3 aromatic carbocycles. The third kappa shape index (κ3) is 7.33. The van der Waals surface area contributed by atoms with Crippen molar-refractivity contribution in [2.75, 3.05) is 74.5 Å². The molecule has 218 valence electrons. The van der Waals surface area contributed by atoms with Gasteiger partial charge in [0.15, 0.2) is 0 Å². The van der Waals surface area contributed by atoms with Crippen LogP contribution in [-0.4, -0.2) is 66.0 Å². The van der Waals surface area contributed by atoms with Crippen LogP contribution in [0, 0.1) is 5.92 Å². The Hall–Kier alpha value is -4.60. The van der Waals surface area contributed by atoms with Gasteiger partial charge in [0.2, 0.25) is 0 Å². The molecule has 3 aromatic rings. The number of hydrogen-bond donors (Lipinski definition) is 3. The SMILES string of the molecule is COc1ccc(NC(=O)Nc2ccc(N3CCN(c4ccccc4OC)CC3)c(C(=O)NCC(C)C)c2)c(OC)c1. The van der Waals surface area contributed by atoms with Crippen molar-refractivity contribution >= 4 is 34.7 Å². The number of carbonyl (C=O) groups is 2. The van der Waals surface area contributed by atoms with Crippen molar-refractivity contribution in [2.45, 2.75) is 13.8 Å². The number of piperazine rings is 1. The number of rotatable bonds is 10. The second-order valence-corrected chi connectivity index (χ2v) is 10.1. The van der Waals surface area contributed by atoms with Crippen LogP contribution < -0.4 is 40.0 Å². The summed E-state index contributed by atoms with van der Waals surface area (Å²) in [5, 5.41) is 8.67. The fourth-order valence-corrected chi connectivity index (χ4v) is 4.73. The average molecular weight is 562 g/mol. The van der Waals surface area contributed by atoms with Crippen LogP contribution in [0.2, 0.25) is 0 Å². The molecule has 0 radical (unpaired) electrons. The van der Waals surface area contributed by atoms with Gasteiger partial charge in [-0.15, -0.1) is 0 Å². The van der Waals surface area contributed by atoms with Gasteiger partial charge in [-0.2, -0.15) is 0 Å². The van der Waals surface area contributed by atoms with Crippen LogP contribution in [0.4, 0.5) is 27.5 Å². The number of anilines is 4. The second kappa shape index (κ2) is 13.6. The maximum atomic E-state index is 13.3. The molecule has 0 aromatic heterocycles. The monoisotopic (exact) mass is 561 g/mol. The summed E-state index contributed by atoms with van der Waals surface area (Å²) in [6.45, 7) is 7.66. The van der Waals surface area contributed by atoms with Gasteiger partial charge in [0.05, 0.1) is 38.3 Å². The van der Waals surface area contributed by atoms with Gasteiger partial charge in [0.25, 0.3) is 5.91 Å². The standard InChI is InChI=1S/C31H39N5O5/c1-21(2)20-32-30(37)24-18-22(33-31(38)34-25-12-11-23(39-3)19-29(25)41-5)10-13-26(24)35-14-16-36(17-15-35)27-8-6-7-9-28(27)40-4/h6-13,18-19,21H,14-17,20H2,1-5H3,(H,32,37)(H2,33,34,38). The zero-order valence-electron chi connectivity index (χ0n) is 24.3. The molecule has 0 saturated carbocycles. The zero-order valence-corrected chi connectivity index (χ0v) is 24.3. The number of urea groups is 1. The lowest BCUT2D eigenvalue weighted by Gasteiger charge is -2.38. The highest BCUT2D eigenvalue weighted by Gasteiger charge is 2.24. The molecule has 1 fully saturated rings. The average Bonchev–Trinajstić information content (AvgIpc) is 3.00. The van der Waals surface area contributed by atoms with E-state index in [0.717, 1.165) is 43.3 Å². The minimum atomic E-state index is -0.458. The molecule has 0 unspecified atom stereocenters. The molecule has 0 aliphatic carbocycles. The van der Waals surface area contributed by atoms with Crippen LogP contribution in [0.5, 0.6) is 17.2 Å². The van der Waals surface area contributed by atoms with Crippen molar-refractivity contribution < 1.29 is 23.8 Å². The Bertz CT molecular complexity index is 1350. The highest BCUT2D eigenvalue weighted by Crippen LogP contribution is 2.32. The summed E-state index contributed by atoms with van der Waals surface area (Å²) in [5.74, 6) is 2.05. The quantitative estimate of drug-likeness (QED) is 0.318. The number of methoxy groups -OCH3 is 3. The summed E-state index contributed by atoms with van der Waals surface area (Å²) >= 11 is 0. The molecular weight excluding hydrogens is 522 g/mol. The predicted octanol–water partition coefficient (Wildman–Crippen LogP) is 5.07. The first-order valence-corrected chi connectivity index (χ1v) is 13.7. The van der Waals surface area contributed by atoms with Crippen LogP contribution in [-0.2, 0) is 0 Å². The largest absolute Gasteiger partial charge is 0.497 e. The van der Waals surface area contributed by atoms with E-state index in [9.17, 15) is 9.59 Å². The van der Waals surface area contributed by atoms with E-state index in [4.69, 9.17) is 14.2 Å². The Balaban J connectivity index is 1.51. The van der Waals surface area contributed by atoms with Crippen LogP contribution in [0.3, 0.4) is 0 Å². The Labute approximate surface area is 241 Å². The third-order valence-corrected chi connectivity index (χ3v) is 6.87. The highest BCUT2D eigenvalue weighted by atomic mass is 16.5. The van der Waals surface area contributed by atoms with Gasteiger partial charge in [0, 0.05) is 50.2 Å². The summed E-state index contributed by atoms with van der Waals surface area (Å²) in [6, 6.07) is 18.1. The Morgan fingerprint density at radius 2 is 1.46 bits per heavy atom. The molecule has 1 saturated heterocycles. The fraction of sp³-hybridized carbons (Fsp3) is 0.355. The molecule has 0 bridgehead atoms. The Morgan fingerprint density at radius 3 is 2.12 bits per heavy atom. The molecule has 10 nitrogen and oxygen atoms in total. The van der Waals surface area contributed by atoms with Gasteiger partial charge in [-0.3, -0.25) is 4.79 Å². The lowest BCUT2D eigenvalue weighted by atomic mass is 10.1. The summed E-state index contributed by atoms with van der Waals surface area (Å²) in [5.41, 5.74) is 3.39. The fourth-order valence-electron chi connectivity index (χ4n) is 4.73. The van der Waals surface area contributed by atoms with E-state index in [1.165, 1.54) is 7.11 Å². The molecule has 4 rings (SSSR count). The smallest absolute Gasteiger partial charge is 0.323 e. The lowest BCUT2D eigenvalue weighted by molar-refractivity contribution is 0.0949. The van der Waals surface area contributed by atoms with Crippen molar-refractivity contribution in [3.63, 3.8) is 0 Å². The number of carbonyl (C=O) groups excluding carboxylic acids is 2. The van der Waals surface area contributed by atoms with E-state index in [0.29, 0.717) is 40.9 Å². The van der Waals surface area contributed by atoms with Crippen LogP contribution in [0.15, 0.2) is 60.7 Å². The van der Waals surface area contributed by atoms with Crippen LogP contribution >= 0.6 is 0 Å². The first kappa shape index (κ1) is 29.4. The van der Waals surface area contributed by atoms with Gasteiger partial charge in [-0.25, -0.2) is 4.79 Å². The molecule has 3 amide bonds. The van der Waals surface area contributed by atoms with Gasteiger partial charge in [0.1, 0.15) is 17.2 Å². The van der Waals surface area contributed by atoms with Crippen molar-refractivity contribution in [3.05, 3.63) is 66.2 Å². The van der Waals surface area contributed by atoms with Crippen molar-refractivity contribution in [1.82, 2.24) is 5.32 Å². The molecule has 10 heteroatoms. The van der Waals surface area contributed by atoms with E-state index >= 15 is 0 Å². The van der Waals surface area contributed by atoms with Gasteiger partial charge >= 0.3 is 6.03 Å². The normalized spacial score (nSPS) is 13.0. The topological polar surface area (TPSA) is 104 Å². The van der Waals surface area contributed by atoms with Gasteiger partial charge in [-0.1, -0.05) is 26.0 Å². The first-order chi connectivity index (χ1) is 19.8. The van der Waals surface area contributed by atoms with Crippen molar-refractivity contribution in [2.24, 2.45) is 5.92 Å². The predicted molar refractivity (Wildman–Crippen MR) is 163 cm³/mol. The Kier molecular flexibility index (Phi) is 9.78. The number of hydrogen-bond acceptors (Lipinski definition) is 7. The van der Waals surface area contributed by atoms with E-state index in [1.54, 1.807) is 38.5 Å². The maximum Gasteiger partial charge on any atom is 0.323 e. The van der Waals surface area contributed by atoms with Gasteiger partial charge < -0.3 is 40.0 Å². The van der Waals surface area contributed by atoms with E-state index in [1.807, 2.05) is 44.2 Å². The van der Waals surface area contributed by atoms with E-state index < -0.39 is 6.03 Å². The molecule has 1 aliphatic rings. The highest BCUT2D eigenvalue weighted by molar-refractivity contribution is 6.04. The summed E-state index contributed by atoms with van der Waals surface area (Å²) in [4.78, 5) is 30.7. The molecule has 0 spiro atoms. The minimum absolute atomic E-state index is 0.179. The van der Waals surface area contributed by atoms with Gasteiger partial charge in [-0.05, 0) is 48.4 Å². The number of amides is 3. The van der Waals surface area contributed by atoms with E-state index in [-0.39, 0.29) is 5.91 Å². The van der Waals surface area contributed by atoms with Crippen molar-refractivity contribution in [3.8, 4) is 17.2 Å². The number of ether oxygens (including phenoxy) is 3. The minimum Gasteiger partial charge on any atom is -0.497 e.